The molecule has 0 aromatic carbocycles. The summed E-state index contributed by atoms with van der Waals surface area (Å²) < 4.78 is 30.8. The Morgan fingerprint density at radius 1 is 0.861 bits per heavy atom. The maximum atomic E-state index is 11.0. The Balaban J connectivity index is 0.000000269. The molecule has 0 unspecified atom stereocenters. The number of rotatable bonds is 8. The van der Waals surface area contributed by atoms with E-state index in [0.29, 0.717) is 5.88 Å². The molecule has 1 aliphatic heterocycles. The lowest BCUT2D eigenvalue weighted by atomic mass is 9.80. The second-order valence-electron chi connectivity index (χ2n) is 8.55. The quantitative estimate of drug-likeness (QED) is 0.343. The van der Waals surface area contributed by atoms with Crippen LogP contribution in [0.4, 0.5) is 0 Å². The van der Waals surface area contributed by atoms with Crippen LogP contribution < -0.4 is 20.4 Å². The van der Waals surface area contributed by atoms with Gasteiger partial charge in [-0.05, 0) is 39.8 Å². The topological polar surface area (TPSA) is 156 Å². The van der Waals surface area contributed by atoms with Crippen molar-refractivity contribution in [2.45, 2.75) is 38.9 Å². The largest absolute Gasteiger partial charge is 0.496 e. The molecule has 2 aromatic heterocycles. The minimum Gasteiger partial charge on any atom is -0.466 e. The molecule has 3 rings (SSSR count). The van der Waals surface area contributed by atoms with Gasteiger partial charge in [-0.25, -0.2) is 19.6 Å². The Hall–Kier alpha value is -3.19. The van der Waals surface area contributed by atoms with Crippen molar-refractivity contribution < 1.29 is 47.9 Å². The first-order valence-corrected chi connectivity index (χ1v) is 10.9. The molecule has 0 bridgehead atoms. The highest BCUT2D eigenvalue weighted by Crippen LogP contribution is 2.36. The molecule has 2 N–H and O–H groups in total. The highest BCUT2D eigenvalue weighted by Gasteiger charge is 2.51. The van der Waals surface area contributed by atoms with Crippen molar-refractivity contribution in [2.24, 2.45) is 0 Å². The summed E-state index contributed by atoms with van der Waals surface area (Å²) in [5.74, 6) is -0.402. The number of nitrogens with zero attached hydrogens (tertiary/aromatic N) is 2. The lowest BCUT2D eigenvalue weighted by Crippen LogP contribution is -2.41. The molecule has 194 valence electrons. The zero-order chi connectivity index (χ0) is 26.9. The number of methoxy groups -OCH3 is 2. The van der Waals surface area contributed by atoms with Gasteiger partial charge < -0.3 is 38.3 Å². The van der Waals surface area contributed by atoms with Crippen molar-refractivity contribution in [2.75, 3.05) is 27.4 Å². The average Bonchev–Trinajstić information content (AvgIpc) is 3.08. The van der Waals surface area contributed by atoms with E-state index in [9.17, 15) is 9.59 Å². The summed E-state index contributed by atoms with van der Waals surface area (Å²) >= 11 is 0. The maximum Gasteiger partial charge on any atom is 0.496 e. The van der Waals surface area contributed by atoms with Gasteiger partial charge in [-0.1, -0.05) is 12.1 Å². The van der Waals surface area contributed by atoms with Crippen LogP contribution in [0.5, 0.6) is 11.8 Å². The first-order valence-electron chi connectivity index (χ1n) is 10.9. The van der Waals surface area contributed by atoms with Crippen molar-refractivity contribution in [1.82, 2.24) is 9.97 Å². The van der Waals surface area contributed by atoms with Crippen LogP contribution in [0, 0.1) is 0 Å². The molecule has 3 heterocycles. The minimum absolute atomic E-state index is 0.167. The number of carbonyl (C=O) groups is 2. The molecule has 1 fully saturated rings. The number of pyridine rings is 2. The summed E-state index contributed by atoms with van der Waals surface area (Å²) in [4.78, 5) is 29.6. The molecule has 0 saturated carbocycles. The van der Waals surface area contributed by atoms with Crippen molar-refractivity contribution >= 4 is 37.1 Å². The van der Waals surface area contributed by atoms with Gasteiger partial charge >= 0.3 is 26.2 Å². The highest BCUT2D eigenvalue weighted by molar-refractivity contribution is 6.62. The maximum absolute atomic E-state index is 11.0. The van der Waals surface area contributed by atoms with E-state index in [0.717, 1.165) is 5.46 Å². The first-order chi connectivity index (χ1) is 16.9. The van der Waals surface area contributed by atoms with Crippen molar-refractivity contribution in [1.29, 1.82) is 0 Å². The lowest BCUT2D eigenvalue weighted by Gasteiger charge is -2.32. The van der Waals surface area contributed by atoms with Gasteiger partial charge in [-0.3, -0.25) is 0 Å². The molecule has 36 heavy (non-hydrogen) atoms. The normalized spacial score (nSPS) is 15.3. The number of aromatic nitrogens is 2. The van der Waals surface area contributed by atoms with Crippen LogP contribution >= 0.6 is 0 Å². The Morgan fingerprint density at radius 2 is 1.33 bits per heavy atom. The molecule has 1 saturated heterocycles. The zero-order valence-electron chi connectivity index (χ0n) is 21.1. The molecule has 1 aliphatic rings. The predicted molar refractivity (Wildman–Crippen MR) is 129 cm³/mol. The molecule has 0 spiro atoms. The Bertz CT molecular complexity index is 985. The monoisotopic (exact) mass is 504 g/mol. The van der Waals surface area contributed by atoms with Gasteiger partial charge in [0.25, 0.3) is 0 Å². The summed E-state index contributed by atoms with van der Waals surface area (Å²) in [6.07, 6.45) is 2.87. The lowest BCUT2D eigenvalue weighted by molar-refractivity contribution is -0.143. The predicted octanol–water partition coefficient (Wildman–Crippen LogP) is -0.754. The van der Waals surface area contributed by atoms with Crippen LogP contribution in [0.1, 0.15) is 27.7 Å². The Kier molecular flexibility index (Phi) is 10.2. The van der Waals surface area contributed by atoms with Crippen LogP contribution in [-0.2, 0) is 28.4 Å². The van der Waals surface area contributed by atoms with E-state index >= 15 is 0 Å². The molecule has 0 radical (unpaired) electrons. The summed E-state index contributed by atoms with van der Waals surface area (Å²) in [6.45, 7) is 7.58. The SMILES string of the molecule is COC(=O)COc1ccc(B(O)O)cn1.COC(=O)COc1ccc(B2OC(C)(C)C(C)(C)O2)cn1. The fourth-order valence-corrected chi connectivity index (χ4v) is 2.61. The van der Waals surface area contributed by atoms with Crippen LogP contribution in [0.3, 0.4) is 0 Å². The number of hydrogen-bond donors (Lipinski definition) is 2. The number of carbonyl (C=O) groups excluding carboxylic acids is 2. The van der Waals surface area contributed by atoms with Crippen LogP contribution in [0.25, 0.3) is 0 Å². The Morgan fingerprint density at radius 3 is 1.69 bits per heavy atom. The van der Waals surface area contributed by atoms with E-state index in [1.165, 1.54) is 32.5 Å². The van der Waals surface area contributed by atoms with E-state index < -0.39 is 37.4 Å². The van der Waals surface area contributed by atoms with Gasteiger partial charge in [0.15, 0.2) is 13.2 Å². The smallest absolute Gasteiger partial charge is 0.466 e. The molecular weight excluding hydrogens is 474 g/mol. The second-order valence-corrected chi connectivity index (χ2v) is 8.55. The van der Waals surface area contributed by atoms with Crippen molar-refractivity contribution in [3.8, 4) is 11.8 Å². The van der Waals surface area contributed by atoms with Gasteiger partial charge in [-0.15, -0.1) is 0 Å². The van der Waals surface area contributed by atoms with Crippen molar-refractivity contribution in [3.63, 3.8) is 0 Å². The summed E-state index contributed by atoms with van der Waals surface area (Å²) in [6, 6.07) is 6.34. The molecule has 0 atom stereocenters. The zero-order valence-corrected chi connectivity index (χ0v) is 21.1. The van der Waals surface area contributed by atoms with E-state index in [1.807, 2.05) is 33.8 Å². The standard InChI is InChI=1S/C14H20BNO5.C8H10BNO5/c1-13(2)14(3,4)21-15(20-13)10-6-7-11(16-8-10)19-9-12(17)18-5;1-14-8(11)5-15-7-3-2-6(4-10-7)9(12)13/h6-8H,9H2,1-5H3;2-4,12-13H,5H2,1H3. The minimum atomic E-state index is -1.56. The number of hydrogen-bond acceptors (Lipinski definition) is 12. The fourth-order valence-electron chi connectivity index (χ4n) is 2.61. The molecule has 0 amide bonds. The van der Waals surface area contributed by atoms with Crippen LogP contribution in [0.15, 0.2) is 36.7 Å². The summed E-state index contributed by atoms with van der Waals surface area (Å²) in [5.41, 5.74) is 0.273. The second kappa shape index (κ2) is 12.7. The third kappa shape index (κ3) is 8.19. The average molecular weight is 504 g/mol. The van der Waals surface area contributed by atoms with Crippen LogP contribution in [-0.4, -0.2) is 84.8 Å². The van der Waals surface area contributed by atoms with Gasteiger partial charge in [0, 0.05) is 23.3 Å². The third-order valence-electron chi connectivity index (χ3n) is 5.47. The van der Waals surface area contributed by atoms with Gasteiger partial charge in [0.2, 0.25) is 11.8 Å². The van der Waals surface area contributed by atoms with E-state index in [4.69, 9.17) is 28.8 Å². The molecule has 14 heteroatoms. The molecular formula is C22H30B2N2O10. The van der Waals surface area contributed by atoms with E-state index in [-0.39, 0.29) is 24.6 Å². The van der Waals surface area contributed by atoms with E-state index in [2.05, 4.69) is 19.4 Å². The number of esters is 2. The van der Waals surface area contributed by atoms with Crippen LogP contribution in [0.2, 0.25) is 0 Å². The first kappa shape index (κ1) is 29.0. The van der Waals surface area contributed by atoms with E-state index in [1.54, 1.807) is 12.3 Å². The number of ether oxygens (including phenoxy) is 4. The summed E-state index contributed by atoms with van der Waals surface area (Å²) in [7, 11) is 0.537. The van der Waals surface area contributed by atoms with Gasteiger partial charge in [0.1, 0.15) is 0 Å². The van der Waals surface area contributed by atoms with Gasteiger partial charge in [0.05, 0.1) is 25.4 Å². The highest BCUT2D eigenvalue weighted by atomic mass is 16.7. The fraction of sp³-hybridized carbons (Fsp3) is 0.455. The molecule has 0 aliphatic carbocycles. The summed E-state index contributed by atoms with van der Waals surface area (Å²) in [5, 5.41) is 17.5. The third-order valence-corrected chi connectivity index (χ3v) is 5.47. The molecule has 2 aromatic rings. The molecule has 12 nitrogen and oxygen atoms in total. The van der Waals surface area contributed by atoms with Crippen molar-refractivity contribution in [3.05, 3.63) is 36.7 Å². The Labute approximate surface area is 210 Å². The van der Waals surface area contributed by atoms with Gasteiger partial charge in [-0.2, -0.15) is 0 Å².